The molecule has 23 aromatic rings. The number of fused-ring (bicyclic) bond motifs is 7. The largest absolute Gasteiger partial charge is 0.309 e. The van der Waals surface area contributed by atoms with Crippen molar-refractivity contribution >= 4 is 32.7 Å². The molecule has 134 heavy (non-hydrogen) atoms. The standard InChI is InChI=1S/C45H30N4.C42H31N3.C36H24N4/c1-3-11-31(12-4-1)32-20-22-33(23-21-32)41-29-42(48-45(47-41)37-15-10-26-46-30-37)36-14-9-13-34(27-36)35-24-25-40-39-18-7-8-19-43(39)49(44(40)28-35)38-16-5-2-6-17-38;1-42(2)37-19-7-6-16-35(37)36-18-9-17-34(40(36)42)31-13-8-14-32(25-31)39-26-38(44-41(45-39)33-15-10-24-43-27-33)30-22-20-29(21-23-30)28-11-4-3-5-12-28;1-2-8-25(9-3-1)26-16-18-27(19-17-26)33-23-34(40-36(39-33)31-14-6-20-37-24-31)30-12-4-11-29(22-30)32-15-5-10-28-13-7-21-38-35(28)32/h1-30H;3-27H,1-2H3;1-24H. The second-order valence-corrected chi connectivity index (χ2v) is 33.9. The van der Waals surface area contributed by atoms with Gasteiger partial charge in [-0.05, 0) is 187 Å². The third kappa shape index (κ3) is 16.7. The number of pyridine rings is 4. The fourth-order valence-electron chi connectivity index (χ4n) is 18.5. The third-order valence-corrected chi connectivity index (χ3v) is 25.1. The fraction of sp³-hybridized carbons (Fsp3) is 0.0244. The molecule has 0 saturated carbocycles. The lowest BCUT2D eigenvalue weighted by atomic mass is 9.78. The predicted molar refractivity (Wildman–Crippen MR) is 548 cm³/mol. The summed E-state index contributed by atoms with van der Waals surface area (Å²) >= 11 is 0. The Hall–Kier alpha value is -17.8. The molecule has 0 amide bonds. The Bertz CT molecular complexity index is 8200. The number of para-hydroxylation sites is 3. The van der Waals surface area contributed by atoms with Crippen LogP contribution in [0.1, 0.15) is 25.0 Å². The molecule has 0 aliphatic heterocycles. The Labute approximate surface area is 777 Å². The number of nitrogens with zero attached hydrogens (tertiary/aromatic N) is 11. The molecule has 11 heteroatoms. The summed E-state index contributed by atoms with van der Waals surface area (Å²) in [6, 6.07) is 153. The van der Waals surface area contributed by atoms with Gasteiger partial charge in [0.05, 0.1) is 50.7 Å². The lowest BCUT2D eigenvalue weighted by Crippen LogP contribution is -2.16. The van der Waals surface area contributed by atoms with Crippen molar-refractivity contribution in [1.82, 2.24) is 54.4 Å². The van der Waals surface area contributed by atoms with Crippen LogP contribution < -0.4 is 0 Å². The van der Waals surface area contributed by atoms with Crippen LogP contribution in [0.2, 0.25) is 0 Å². The van der Waals surface area contributed by atoms with E-state index in [-0.39, 0.29) is 5.41 Å². The molecule has 1 aliphatic carbocycles. The number of hydrogen-bond donors (Lipinski definition) is 0. The van der Waals surface area contributed by atoms with Crippen molar-refractivity contribution < 1.29 is 0 Å². The van der Waals surface area contributed by atoms with E-state index in [0.717, 1.165) is 123 Å². The number of hydrogen-bond acceptors (Lipinski definition) is 10. The number of aromatic nitrogens is 11. The monoisotopic (exact) mass is 1720 g/mol. The van der Waals surface area contributed by atoms with Gasteiger partial charge in [-0.15, -0.1) is 0 Å². The van der Waals surface area contributed by atoms with Crippen LogP contribution in [0.15, 0.2) is 480 Å². The van der Waals surface area contributed by atoms with Gasteiger partial charge in [0.1, 0.15) is 0 Å². The zero-order valence-electron chi connectivity index (χ0n) is 73.5. The first-order valence-corrected chi connectivity index (χ1v) is 45.0. The summed E-state index contributed by atoms with van der Waals surface area (Å²) < 4.78 is 2.36. The molecule has 15 aromatic carbocycles. The van der Waals surface area contributed by atoms with E-state index in [0.29, 0.717) is 17.5 Å². The van der Waals surface area contributed by atoms with Crippen LogP contribution in [0.4, 0.5) is 0 Å². The zero-order chi connectivity index (χ0) is 89.7. The van der Waals surface area contributed by atoms with Gasteiger partial charge in [-0.25, -0.2) is 29.9 Å². The quantitative estimate of drug-likeness (QED) is 0.0920. The Balaban J connectivity index is 0.000000118. The normalized spacial score (nSPS) is 11.7. The first-order chi connectivity index (χ1) is 66.2. The SMILES string of the molecule is CC1(C)c2ccccc2-c2cccc(-c3cccc(-c4cc(-c5ccc(-c6ccccc6)cc5)nc(-c5cccnc5)n4)c3)c21.c1ccc(-c2ccc(-c3cc(-c4cccc(-c5ccc6c7ccccc7n(-c7ccccc7)c6c5)c4)nc(-c4cccnc4)n3)cc2)cc1.c1ccc(-c2ccc(-c3cc(-c4cccc(-c5cccc6cccnc56)c4)nc(-c4cccnc4)n3)cc2)cc1. The van der Waals surface area contributed by atoms with E-state index in [2.05, 4.69) is 414 Å². The van der Waals surface area contributed by atoms with Gasteiger partial charge >= 0.3 is 0 Å². The lowest BCUT2D eigenvalue weighted by Gasteiger charge is -2.24. The van der Waals surface area contributed by atoms with Crippen LogP contribution in [0, 0.1) is 0 Å². The molecule has 8 heterocycles. The van der Waals surface area contributed by atoms with E-state index >= 15 is 0 Å². The summed E-state index contributed by atoms with van der Waals surface area (Å²) in [6.45, 7) is 4.68. The highest BCUT2D eigenvalue weighted by atomic mass is 15.0. The minimum Gasteiger partial charge on any atom is -0.309 e. The van der Waals surface area contributed by atoms with Crippen molar-refractivity contribution in [3.8, 4) is 185 Å². The van der Waals surface area contributed by atoms with Crippen LogP contribution in [0.5, 0.6) is 0 Å². The van der Waals surface area contributed by atoms with Gasteiger partial charge in [0.2, 0.25) is 0 Å². The fourth-order valence-corrected chi connectivity index (χ4v) is 18.5. The topological polar surface area (TPSA) is 134 Å². The average molecular weight is 1720 g/mol. The van der Waals surface area contributed by atoms with Gasteiger partial charge in [0, 0.05) is 126 Å². The van der Waals surface area contributed by atoms with Gasteiger partial charge in [-0.2, -0.15) is 0 Å². The van der Waals surface area contributed by atoms with Crippen molar-refractivity contribution in [2.75, 3.05) is 0 Å². The molecule has 0 atom stereocenters. The predicted octanol–water partition coefficient (Wildman–Crippen LogP) is 30.6. The Kier molecular flexibility index (Phi) is 22.2. The molecule has 0 spiro atoms. The van der Waals surface area contributed by atoms with Crippen LogP contribution >= 0.6 is 0 Å². The Morgan fingerprint density at radius 3 is 1.03 bits per heavy atom. The molecule has 0 saturated heterocycles. The highest BCUT2D eigenvalue weighted by molar-refractivity contribution is 6.10. The minimum absolute atomic E-state index is 0.0972. The van der Waals surface area contributed by atoms with Crippen molar-refractivity contribution in [2.24, 2.45) is 0 Å². The Morgan fingerprint density at radius 2 is 0.537 bits per heavy atom. The summed E-state index contributed by atoms with van der Waals surface area (Å²) in [4.78, 5) is 47.8. The van der Waals surface area contributed by atoms with E-state index in [1.807, 2.05) is 79.3 Å². The summed E-state index contributed by atoms with van der Waals surface area (Å²) in [7, 11) is 0. The molecule has 0 N–H and O–H groups in total. The zero-order valence-corrected chi connectivity index (χ0v) is 73.5. The first kappa shape index (κ1) is 81.9. The van der Waals surface area contributed by atoms with Crippen LogP contribution in [0.25, 0.3) is 218 Å². The van der Waals surface area contributed by atoms with Gasteiger partial charge in [-0.3, -0.25) is 19.9 Å². The molecule has 0 bridgehead atoms. The summed E-state index contributed by atoms with van der Waals surface area (Å²) in [5.74, 6) is 1.95. The second kappa shape index (κ2) is 36.4. The van der Waals surface area contributed by atoms with Crippen LogP contribution in [-0.4, -0.2) is 54.4 Å². The molecule has 11 nitrogen and oxygen atoms in total. The van der Waals surface area contributed by atoms with E-state index < -0.39 is 0 Å². The summed E-state index contributed by atoms with van der Waals surface area (Å²) in [5.41, 5.74) is 37.8. The highest BCUT2D eigenvalue weighted by Gasteiger charge is 2.37. The van der Waals surface area contributed by atoms with Gasteiger partial charge in [0.15, 0.2) is 17.5 Å². The summed E-state index contributed by atoms with van der Waals surface area (Å²) in [5, 5.41) is 3.60. The number of benzene rings is 15. The van der Waals surface area contributed by atoms with E-state index in [4.69, 9.17) is 29.9 Å². The summed E-state index contributed by atoms with van der Waals surface area (Å²) in [6.07, 6.45) is 12.6. The van der Waals surface area contributed by atoms with Gasteiger partial charge in [0.25, 0.3) is 0 Å². The maximum atomic E-state index is 5.08. The van der Waals surface area contributed by atoms with Crippen molar-refractivity contribution in [1.29, 1.82) is 0 Å². The first-order valence-electron chi connectivity index (χ1n) is 45.0. The van der Waals surface area contributed by atoms with Gasteiger partial charge in [-0.1, -0.05) is 347 Å². The van der Waals surface area contributed by atoms with Crippen molar-refractivity contribution in [3.63, 3.8) is 0 Å². The molecule has 24 rings (SSSR count). The third-order valence-electron chi connectivity index (χ3n) is 25.1. The van der Waals surface area contributed by atoms with Crippen molar-refractivity contribution in [2.45, 2.75) is 19.3 Å². The lowest BCUT2D eigenvalue weighted by molar-refractivity contribution is 0.662. The van der Waals surface area contributed by atoms with E-state index in [1.165, 1.54) is 88.6 Å². The highest BCUT2D eigenvalue weighted by Crippen LogP contribution is 2.53. The Morgan fingerprint density at radius 1 is 0.209 bits per heavy atom. The average Bonchev–Trinajstić information content (AvgIpc) is 1.57. The van der Waals surface area contributed by atoms with E-state index in [9.17, 15) is 0 Å². The minimum atomic E-state index is -0.0972. The maximum Gasteiger partial charge on any atom is 0.161 e. The molecule has 0 radical (unpaired) electrons. The molecule has 0 unspecified atom stereocenters. The molecular formula is C123H85N11. The van der Waals surface area contributed by atoms with Crippen LogP contribution in [-0.2, 0) is 5.41 Å². The maximum absolute atomic E-state index is 5.08. The number of rotatable bonds is 16. The molecule has 1 aliphatic rings. The molecule has 632 valence electrons. The molecular weight excluding hydrogens is 1630 g/mol. The molecule has 8 aromatic heterocycles. The van der Waals surface area contributed by atoms with Crippen LogP contribution in [0.3, 0.4) is 0 Å². The smallest absolute Gasteiger partial charge is 0.161 e. The van der Waals surface area contributed by atoms with Gasteiger partial charge < -0.3 is 4.57 Å². The van der Waals surface area contributed by atoms with E-state index in [1.54, 1.807) is 24.8 Å². The second-order valence-electron chi connectivity index (χ2n) is 33.9. The molecule has 0 fully saturated rings. The van der Waals surface area contributed by atoms with Crippen molar-refractivity contribution in [3.05, 3.63) is 491 Å².